The molecule has 0 heterocycles. The number of nitrogens with two attached hydrogens (primary N) is 1. The molecule has 0 radical (unpaired) electrons. The summed E-state index contributed by atoms with van der Waals surface area (Å²) in [6.07, 6.45) is 0. The van der Waals surface area contributed by atoms with Gasteiger partial charge in [0.15, 0.2) is 0 Å². The van der Waals surface area contributed by atoms with Crippen LogP contribution >= 0.6 is 0 Å². The number of amides is 1. The average molecular weight is 296 g/mol. The van der Waals surface area contributed by atoms with Gasteiger partial charge in [-0.05, 0) is 29.0 Å². The Morgan fingerprint density at radius 2 is 1.75 bits per heavy atom. The summed E-state index contributed by atoms with van der Waals surface area (Å²) in [7, 11) is -3.80. The molecular formula is C14H20N2O3S. The van der Waals surface area contributed by atoms with E-state index in [0.717, 1.165) is 0 Å². The Morgan fingerprint density at radius 3 is 2.20 bits per heavy atom. The van der Waals surface area contributed by atoms with Crippen LogP contribution in [0.4, 0.5) is 0 Å². The zero-order valence-corrected chi connectivity index (χ0v) is 12.9. The maximum Gasteiger partial charge on any atom is 0.251 e. The van der Waals surface area contributed by atoms with E-state index in [9.17, 15) is 13.2 Å². The highest BCUT2D eigenvalue weighted by Crippen LogP contribution is 2.62. The van der Waals surface area contributed by atoms with Crippen LogP contribution < -0.4 is 10.5 Å². The molecule has 3 N–H and O–H groups in total. The minimum Gasteiger partial charge on any atom is -0.348 e. The molecule has 1 saturated carbocycles. The second-order valence-electron chi connectivity index (χ2n) is 6.42. The zero-order chi connectivity index (χ0) is 15.3. The lowest BCUT2D eigenvalue weighted by Crippen LogP contribution is -2.30. The number of nitrogens with one attached hydrogen (secondary N) is 1. The van der Waals surface area contributed by atoms with Crippen molar-refractivity contribution in [3.63, 3.8) is 0 Å². The lowest BCUT2D eigenvalue weighted by atomic mass is 10.0. The van der Waals surface area contributed by atoms with Crippen molar-refractivity contribution in [2.75, 3.05) is 0 Å². The first kappa shape index (κ1) is 15.0. The minimum absolute atomic E-state index is 0.0280. The predicted molar refractivity (Wildman–Crippen MR) is 76.6 cm³/mol. The summed E-state index contributed by atoms with van der Waals surface area (Å²) in [6.45, 7) is 8.38. The lowest BCUT2D eigenvalue weighted by Gasteiger charge is -2.08. The van der Waals surface area contributed by atoms with Crippen LogP contribution in [0.2, 0.25) is 0 Å². The Bertz CT molecular complexity index is 649. The molecule has 0 aliphatic heterocycles. The number of hydrogen-bond donors (Lipinski definition) is 2. The van der Waals surface area contributed by atoms with Crippen molar-refractivity contribution in [3.8, 4) is 0 Å². The van der Waals surface area contributed by atoms with Gasteiger partial charge in [0.25, 0.3) is 5.91 Å². The van der Waals surface area contributed by atoms with Crippen LogP contribution in [-0.4, -0.2) is 20.4 Å². The minimum atomic E-state index is -3.80. The Kier molecular flexibility index (Phi) is 3.22. The second kappa shape index (κ2) is 4.30. The maximum atomic E-state index is 12.2. The number of carbonyl (C=O) groups excluding carboxylic acids is 1. The summed E-state index contributed by atoms with van der Waals surface area (Å²) in [5.74, 6) is -0.279. The first-order chi connectivity index (χ1) is 8.98. The van der Waals surface area contributed by atoms with Gasteiger partial charge in [0.05, 0.1) is 4.90 Å². The molecule has 6 heteroatoms. The van der Waals surface area contributed by atoms with Crippen molar-refractivity contribution >= 4 is 15.9 Å². The highest BCUT2D eigenvalue weighted by atomic mass is 32.2. The van der Waals surface area contributed by atoms with Crippen molar-refractivity contribution in [1.29, 1.82) is 0 Å². The monoisotopic (exact) mass is 296 g/mol. The molecule has 110 valence electrons. The first-order valence-corrected chi connectivity index (χ1v) is 7.96. The lowest BCUT2D eigenvalue weighted by molar-refractivity contribution is 0.0943. The van der Waals surface area contributed by atoms with Gasteiger partial charge < -0.3 is 5.32 Å². The number of rotatable bonds is 3. The van der Waals surface area contributed by atoms with Crippen LogP contribution in [0.1, 0.15) is 38.1 Å². The van der Waals surface area contributed by atoms with Gasteiger partial charge in [-0.1, -0.05) is 33.8 Å². The van der Waals surface area contributed by atoms with Crippen molar-refractivity contribution in [2.24, 2.45) is 16.0 Å². The zero-order valence-electron chi connectivity index (χ0n) is 12.1. The smallest absolute Gasteiger partial charge is 0.251 e. The van der Waals surface area contributed by atoms with E-state index in [1.807, 2.05) is 0 Å². The first-order valence-electron chi connectivity index (χ1n) is 6.41. The molecule has 0 unspecified atom stereocenters. The topological polar surface area (TPSA) is 89.3 Å². The number of carbonyl (C=O) groups is 1. The summed E-state index contributed by atoms with van der Waals surface area (Å²) < 4.78 is 22.6. The van der Waals surface area contributed by atoms with Crippen LogP contribution in [0, 0.1) is 10.8 Å². The van der Waals surface area contributed by atoms with Crippen LogP contribution in [-0.2, 0) is 10.0 Å². The highest BCUT2D eigenvalue weighted by Gasteiger charge is 2.65. The fourth-order valence-corrected chi connectivity index (χ4v) is 3.15. The average Bonchev–Trinajstić information content (AvgIpc) is 2.71. The van der Waals surface area contributed by atoms with Crippen LogP contribution in [0.3, 0.4) is 0 Å². The molecule has 5 nitrogen and oxygen atoms in total. The third-order valence-electron chi connectivity index (χ3n) is 4.72. The van der Waals surface area contributed by atoms with Crippen molar-refractivity contribution in [1.82, 2.24) is 5.32 Å². The Balaban J connectivity index is 2.20. The maximum absolute atomic E-state index is 12.2. The molecular weight excluding hydrogens is 276 g/mol. The molecule has 2 rings (SSSR count). The summed E-state index contributed by atoms with van der Waals surface area (Å²) >= 11 is 0. The summed E-state index contributed by atoms with van der Waals surface area (Å²) in [6, 6.07) is 5.83. The molecule has 1 aliphatic carbocycles. The molecule has 1 amide bonds. The Morgan fingerprint density at radius 1 is 1.20 bits per heavy atom. The van der Waals surface area contributed by atoms with Gasteiger partial charge in [-0.25, -0.2) is 13.6 Å². The molecule has 1 aromatic carbocycles. The molecule has 1 aromatic rings. The van der Waals surface area contributed by atoms with Crippen molar-refractivity contribution in [3.05, 3.63) is 29.8 Å². The van der Waals surface area contributed by atoms with Gasteiger partial charge in [0.1, 0.15) is 0 Å². The molecule has 0 spiro atoms. The fraction of sp³-hybridized carbons (Fsp3) is 0.500. The standard InChI is InChI=1S/C14H20N2O3S/c1-13(2)12(14(13,3)4)16-11(17)9-6-5-7-10(8-9)20(15,18)19/h5-8,12H,1-4H3,(H,16,17)(H2,15,18,19). The van der Waals surface area contributed by atoms with E-state index < -0.39 is 10.0 Å². The predicted octanol–water partition coefficient (Wildman–Crippen LogP) is 1.50. The van der Waals surface area contributed by atoms with E-state index in [2.05, 4.69) is 33.0 Å². The quantitative estimate of drug-likeness (QED) is 0.885. The van der Waals surface area contributed by atoms with E-state index >= 15 is 0 Å². The molecule has 0 saturated heterocycles. The summed E-state index contributed by atoms with van der Waals surface area (Å²) in [4.78, 5) is 12.1. The van der Waals surface area contributed by atoms with Gasteiger partial charge in [0, 0.05) is 11.6 Å². The third-order valence-corrected chi connectivity index (χ3v) is 5.63. The van der Waals surface area contributed by atoms with E-state index in [1.54, 1.807) is 6.07 Å². The largest absolute Gasteiger partial charge is 0.348 e. The molecule has 1 fully saturated rings. The van der Waals surface area contributed by atoms with E-state index in [0.29, 0.717) is 5.56 Å². The number of hydrogen-bond acceptors (Lipinski definition) is 3. The van der Waals surface area contributed by atoms with E-state index in [-0.39, 0.29) is 27.7 Å². The Hall–Kier alpha value is -1.40. The summed E-state index contributed by atoms with van der Waals surface area (Å²) in [5, 5.41) is 8.02. The van der Waals surface area contributed by atoms with Gasteiger partial charge in [0.2, 0.25) is 10.0 Å². The SMILES string of the molecule is CC1(C)C(NC(=O)c2cccc(S(N)(=O)=O)c2)C1(C)C. The molecule has 0 bridgehead atoms. The number of benzene rings is 1. The van der Waals surface area contributed by atoms with Crippen LogP contribution in [0.5, 0.6) is 0 Å². The van der Waals surface area contributed by atoms with Crippen LogP contribution in [0.15, 0.2) is 29.2 Å². The normalized spacial score (nSPS) is 20.4. The molecule has 0 aromatic heterocycles. The molecule has 0 atom stereocenters. The molecule has 20 heavy (non-hydrogen) atoms. The van der Waals surface area contributed by atoms with E-state index in [4.69, 9.17) is 5.14 Å². The Labute approximate surface area is 119 Å². The second-order valence-corrected chi connectivity index (χ2v) is 7.98. The third kappa shape index (κ3) is 2.33. The van der Waals surface area contributed by atoms with E-state index in [1.165, 1.54) is 18.2 Å². The molecule has 1 aliphatic rings. The summed E-state index contributed by atoms with van der Waals surface area (Å²) in [5.41, 5.74) is 0.357. The number of primary sulfonamides is 1. The van der Waals surface area contributed by atoms with Gasteiger partial charge in [-0.2, -0.15) is 0 Å². The van der Waals surface area contributed by atoms with Crippen LogP contribution in [0.25, 0.3) is 0 Å². The fourth-order valence-electron chi connectivity index (χ4n) is 2.59. The van der Waals surface area contributed by atoms with Gasteiger partial charge in [-0.15, -0.1) is 0 Å². The van der Waals surface area contributed by atoms with Gasteiger partial charge >= 0.3 is 0 Å². The highest BCUT2D eigenvalue weighted by molar-refractivity contribution is 7.89. The number of sulfonamides is 1. The van der Waals surface area contributed by atoms with Crippen molar-refractivity contribution < 1.29 is 13.2 Å². The van der Waals surface area contributed by atoms with Crippen molar-refractivity contribution in [2.45, 2.75) is 38.6 Å². The van der Waals surface area contributed by atoms with Gasteiger partial charge in [-0.3, -0.25) is 4.79 Å².